The summed E-state index contributed by atoms with van der Waals surface area (Å²) in [6.45, 7) is 12.1. The van der Waals surface area contributed by atoms with E-state index in [1.807, 2.05) is 12.1 Å². The Morgan fingerprint density at radius 3 is 2.48 bits per heavy atom. The maximum absolute atomic E-state index is 10.1. The van der Waals surface area contributed by atoms with Crippen LogP contribution in [0.15, 0.2) is 23.8 Å². The molecule has 1 aliphatic rings. The van der Waals surface area contributed by atoms with Crippen LogP contribution in [-0.4, -0.2) is 18.8 Å². The number of hydrogen-bond acceptors (Lipinski definition) is 3. The minimum Gasteiger partial charge on any atom is -0.508 e. The van der Waals surface area contributed by atoms with Crippen LogP contribution in [0.2, 0.25) is 0 Å². The summed E-state index contributed by atoms with van der Waals surface area (Å²) in [4.78, 5) is 0. The first-order valence-electron chi connectivity index (χ1n) is 7.36. The Labute approximate surface area is 127 Å². The monoisotopic (exact) mass is 290 g/mol. The minimum absolute atomic E-state index is 0.00834. The Bertz CT molecular complexity index is 562. The van der Waals surface area contributed by atoms with Crippen LogP contribution in [0.4, 0.5) is 0 Å². The molecule has 0 saturated carbocycles. The summed E-state index contributed by atoms with van der Waals surface area (Å²) in [5.41, 5.74) is 3.05. The maximum atomic E-state index is 10.1. The van der Waals surface area contributed by atoms with Crippen LogP contribution in [0.3, 0.4) is 0 Å². The van der Waals surface area contributed by atoms with Crippen LogP contribution in [-0.2, 0) is 16.1 Å². The number of phenols is 1. The van der Waals surface area contributed by atoms with E-state index in [1.54, 1.807) is 13.2 Å². The van der Waals surface area contributed by atoms with Gasteiger partial charge in [0.25, 0.3) is 0 Å². The Hall–Kier alpha value is -1.48. The lowest BCUT2D eigenvalue weighted by Crippen LogP contribution is -2.24. The molecule has 21 heavy (non-hydrogen) atoms. The van der Waals surface area contributed by atoms with Crippen molar-refractivity contribution in [3.05, 3.63) is 34.9 Å². The zero-order valence-electron chi connectivity index (χ0n) is 13.9. The van der Waals surface area contributed by atoms with Gasteiger partial charge in [-0.1, -0.05) is 46.8 Å². The van der Waals surface area contributed by atoms with Gasteiger partial charge in [0, 0.05) is 23.7 Å². The van der Waals surface area contributed by atoms with Gasteiger partial charge < -0.3 is 14.6 Å². The summed E-state index contributed by atoms with van der Waals surface area (Å²) in [6.07, 6.45) is 0. The molecule has 0 spiro atoms. The normalized spacial score (nSPS) is 18.0. The average Bonchev–Trinajstić information content (AvgIpc) is 2.67. The van der Waals surface area contributed by atoms with E-state index in [9.17, 15) is 5.11 Å². The fourth-order valence-corrected chi connectivity index (χ4v) is 3.27. The van der Waals surface area contributed by atoms with Crippen molar-refractivity contribution in [2.24, 2.45) is 10.8 Å². The molecule has 1 N–H and O–H groups in total. The number of ether oxygens (including phenoxy) is 2. The smallest absolute Gasteiger partial charge is 0.127 e. The van der Waals surface area contributed by atoms with Crippen LogP contribution < -0.4 is 0 Å². The molecule has 0 saturated heterocycles. The van der Waals surface area contributed by atoms with Gasteiger partial charge in [0.05, 0.1) is 13.2 Å². The second kappa shape index (κ2) is 5.38. The second-order valence-corrected chi connectivity index (χ2v) is 7.40. The van der Waals surface area contributed by atoms with E-state index in [1.165, 1.54) is 5.57 Å². The number of aromatic hydroxyl groups is 1. The van der Waals surface area contributed by atoms with E-state index in [0.29, 0.717) is 13.2 Å². The highest BCUT2D eigenvalue weighted by Gasteiger charge is 2.41. The molecule has 3 heteroatoms. The summed E-state index contributed by atoms with van der Waals surface area (Å²) < 4.78 is 11.1. The van der Waals surface area contributed by atoms with Gasteiger partial charge in [0.2, 0.25) is 0 Å². The molecular weight excluding hydrogens is 264 g/mol. The third-order valence-corrected chi connectivity index (χ3v) is 3.88. The first kappa shape index (κ1) is 15.9. The molecule has 1 heterocycles. The molecule has 0 fully saturated rings. The van der Waals surface area contributed by atoms with Gasteiger partial charge >= 0.3 is 0 Å². The standard InChI is InChI=1S/C18H26O3/c1-17(2,3)16-15(21-11-18(16,4)5)12-7-8-13(10-20-6)14(19)9-12/h7-9,19H,10-11H2,1-6H3. The Balaban J connectivity index is 2.51. The SMILES string of the molecule is COCc1ccc(C2=C(C(C)(C)C)C(C)(C)CO2)cc1O. The van der Waals surface area contributed by atoms with Crippen molar-refractivity contribution in [1.29, 1.82) is 0 Å². The molecule has 0 radical (unpaired) electrons. The van der Waals surface area contributed by atoms with E-state index in [0.717, 1.165) is 16.9 Å². The summed E-state index contributed by atoms with van der Waals surface area (Å²) >= 11 is 0. The third-order valence-electron chi connectivity index (χ3n) is 3.88. The van der Waals surface area contributed by atoms with E-state index in [-0.39, 0.29) is 16.6 Å². The topological polar surface area (TPSA) is 38.7 Å². The van der Waals surface area contributed by atoms with Crippen LogP contribution >= 0.6 is 0 Å². The molecule has 0 aliphatic carbocycles. The molecule has 1 aliphatic heterocycles. The largest absolute Gasteiger partial charge is 0.508 e. The summed E-state index contributed by atoms with van der Waals surface area (Å²) in [6, 6.07) is 5.67. The zero-order valence-corrected chi connectivity index (χ0v) is 13.9. The van der Waals surface area contributed by atoms with Crippen molar-refractivity contribution in [2.75, 3.05) is 13.7 Å². The molecule has 0 atom stereocenters. The van der Waals surface area contributed by atoms with Crippen molar-refractivity contribution >= 4 is 5.76 Å². The van der Waals surface area contributed by atoms with Gasteiger partial charge in [0.15, 0.2) is 0 Å². The van der Waals surface area contributed by atoms with Gasteiger partial charge in [-0.25, -0.2) is 0 Å². The van der Waals surface area contributed by atoms with Gasteiger partial charge in [-0.2, -0.15) is 0 Å². The number of rotatable bonds is 3. The predicted molar refractivity (Wildman–Crippen MR) is 84.9 cm³/mol. The highest BCUT2D eigenvalue weighted by atomic mass is 16.5. The number of benzene rings is 1. The van der Waals surface area contributed by atoms with Crippen molar-refractivity contribution < 1.29 is 14.6 Å². The highest BCUT2D eigenvalue weighted by Crippen LogP contribution is 2.49. The van der Waals surface area contributed by atoms with Crippen LogP contribution in [0, 0.1) is 10.8 Å². The van der Waals surface area contributed by atoms with Crippen molar-refractivity contribution in [1.82, 2.24) is 0 Å². The van der Waals surface area contributed by atoms with E-state index in [2.05, 4.69) is 34.6 Å². The van der Waals surface area contributed by atoms with Gasteiger partial charge in [-0.15, -0.1) is 0 Å². The van der Waals surface area contributed by atoms with Crippen LogP contribution in [0.25, 0.3) is 5.76 Å². The van der Waals surface area contributed by atoms with Crippen LogP contribution in [0.1, 0.15) is 45.7 Å². The predicted octanol–water partition coefficient (Wildman–Crippen LogP) is 4.35. The Morgan fingerprint density at radius 2 is 1.95 bits per heavy atom. The highest BCUT2D eigenvalue weighted by molar-refractivity contribution is 5.69. The van der Waals surface area contributed by atoms with Crippen molar-refractivity contribution in [3.63, 3.8) is 0 Å². The molecule has 3 nitrogen and oxygen atoms in total. The van der Waals surface area contributed by atoms with Gasteiger partial charge in [-0.05, 0) is 17.1 Å². The molecule has 2 rings (SSSR count). The fourth-order valence-electron chi connectivity index (χ4n) is 3.27. The number of phenolic OH excluding ortho intramolecular Hbond substituents is 1. The molecule has 116 valence electrons. The first-order chi connectivity index (χ1) is 9.66. The molecule has 0 bridgehead atoms. The summed E-state index contributed by atoms with van der Waals surface area (Å²) in [5.74, 6) is 1.16. The van der Waals surface area contributed by atoms with E-state index < -0.39 is 0 Å². The Morgan fingerprint density at radius 1 is 1.29 bits per heavy atom. The summed E-state index contributed by atoms with van der Waals surface area (Å²) in [7, 11) is 1.62. The third kappa shape index (κ3) is 3.08. The minimum atomic E-state index is 0.00834. The average molecular weight is 290 g/mol. The Kier molecular flexibility index (Phi) is 4.07. The van der Waals surface area contributed by atoms with Crippen LogP contribution in [0.5, 0.6) is 5.75 Å². The maximum Gasteiger partial charge on any atom is 0.127 e. The summed E-state index contributed by atoms with van der Waals surface area (Å²) in [5, 5.41) is 10.1. The lowest BCUT2D eigenvalue weighted by Gasteiger charge is -2.30. The molecule has 1 aromatic carbocycles. The molecular formula is C18H26O3. The van der Waals surface area contributed by atoms with Gasteiger partial charge in [0.1, 0.15) is 11.5 Å². The van der Waals surface area contributed by atoms with E-state index >= 15 is 0 Å². The fraction of sp³-hybridized carbons (Fsp3) is 0.556. The first-order valence-corrected chi connectivity index (χ1v) is 7.36. The molecule has 0 unspecified atom stereocenters. The number of methoxy groups -OCH3 is 1. The lowest BCUT2D eigenvalue weighted by molar-refractivity contribution is 0.182. The lowest BCUT2D eigenvalue weighted by atomic mass is 9.71. The van der Waals surface area contributed by atoms with Gasteiger partial charge in [-0.3, -0.25) is 0 Å². The van der Waals surface area contributed by atoms with Crippen molar-refractivity contribution in [2.45, 2.75) is 41.2 Å². The number of hydrogen-bond donors (Lipinski definition) is 1. The molecule has 0 aromatic heterocycles. The zero-order chi connectivity index (χ0) is 15.8. The quantitative estimate of drug-likeness (QED) is 0.899. The van der Waals surface area contributed by atoms with Crippen molar-refractivity contribution in [3.8, 4) is 5.75 Å². The second-order valence-electron chi connectivity index (χ2n) is 7.40. The van der Waals surface area contributed by atoms with E-state index in [4.69, 9.17) is 9.47 Å². The molecule has 0 amide bonds. The molecule has 1 aromatic rings.